The monoisotopic (exact) mass is 342 g/mol. The highest BCUT2D eigenvalue weighted by Crippen LogP contribution is 2.30. The van der Waals surface area contributed by atoms with Crippen LogP contribution in [0.1, 0.15) is 27.1 Å². The van der Waals surface area contributed by atoms with Crippen molar-refractivity contribution in [3.05, 3.63) is 70.0 Å². The van der Waals surface area contributed by atoms with Crippen LogP contribution in [-0.4, -0.2) is 0 Å². The molecule has 0 heterocycles. The number of halogens is 4. The van der Waals surface area contributed by atoms with Gasteiger partial charge in [-0.3, -0.25) is 0 Å². The molecule has 0 aliphatic heterocycles. The summed E-state index contributed by atoms with van der Waals surface area (Å²) in [6.07, 6.45) is 0.300. The van der Waals surface area contributed by atoms with E-state index in [1.807, 2.05) is 0 Å². The van der Waals surface area contributed by atoms with Crippen LogP contribution < -0.4 is 0 Å². The number of alkyl halides is 1. The molecule has 0 amide bonds. The second-order valence-electron chi connectivity index (χ2n) is 4.85. The fourth-order valence-corrected chi connectivity index (χ4v) is 2.79. The molecule has 2 rings (SSSR count). The summed E-state index contributed by atoms with van der Waals surface area (Å²) in [5.74, 6) is -1.91. The topological polar surface area (TPSA) is 0 Å². The molecule has 2 aromatic rings. The van der Waals surface area contributed by atoms with Crippen molar-refractivity contribution in [2.75, 3.05) is 0 Å². The maximum absolute atomic E-state index is 13.6. The van der Waals surface area contributed by atoms with E-state index in [0.717, 1.165) is 11.6 Å². The lowest BCUT2D eigenvalue weighted by molar-refractivity contribution is 0.498. The summed E-state index contributed by atoms with van der Waals surface area (Å²) in [5.41, 5.74) is 2.24. The lowest BCUT2D eigenvalue weighted by Gasteiger charge is -2.14. The highest BCUT2D eigenvalue weighted by Gasteiger charge is 2.15. The third-order valence-corrected chi connectivity index (χ3v) is 4.10. The Bertz CT molecular complexity index is 615. The Balaban J connectivity index is 2.28. The van der Waals surface area contributed by atoms with Crippen molar-refractivity contribution < 1.29 is 13.2 Å². The number of benzene rings is 2. The summed E-state index contributed by atoms with van der Waals surface area (Å²) in [6, 6.07) is 7.57. The van der Waals surface area contributed by atoms with Crippen molar-refractivity contribution in [2.45, 2.75) is 25.1 Å². The van der Waals surface area contributed by atoms with Gasteiger partial charge >= 0.3 is 0 Å². The van der Waals surface area contributed by atoms with Gasteiger partial charge in [0.2, 0.25) is 0 Å². The zero-order valence-corrected chi connectivity index (χ0v) is 12.8. The molecule has 0 N–H and O–H groups in total. The van der Waals surface area contributed by atoms with Crippen molar-refractivity contribution >= 4 is 15.9 Å². The van der Waals surface area contributed by atoms with Crippen molar-refractivity contribution in [3.8, 4) is 0 Å². The molecule has 0 spiro atoms. The Morgan fingerprint density at radius 1 is 1.00 bits per heavy atom. The Kier molecular flexibility index (Phi) is 4.53. The quantitative estimate of drug-likeness (QED) is 0.655. The van der Waals surface area contributed by atoms with Gasteiger partial charge in [-0.05, 0) is 48.6 Å². The molecule has 0 saturated carbocycles. The molecule has 0 bridgehead atoms. The van der Waals surface area contributed by atoms with Crippen LogP contribution in [0.4, 0.5) is 13.2 Å². The Morgan fingerprint density at radius 3 is 2.20 bits per heavy atom. The minimum atomic E-state index is -0.853. The first-order valence-electron chi connectivity index (χ1n) is 6.23. The highest BCUT2D eigenvalue weighted by atomic mass is 79.9. The first-order chi connectivity index (χ1) is 9.40. The number of hydrogen-bond acceptors (Lipinski definition) is 0. The molecule has 2 aromatic carbocycles. The molecule has 0 radical (unpaired) electrons. The SMILES string of the molecule is Cc1cc(C(Br)Cc2cccc(F)c2F)cc(C)c1F. The molecule has 0 aromatic heterocycles. The second-order valence-corrected chi connectivity index (χ2v) is 5.96. The summed E-state index contributed by atoms with van der Waals surface area (Å²) in [4.78, 5) is -0.197. The lowest BCUT2D eigenvalue weighted by atomic mass is 10.00. The van der Waals surface area contributed by atoms with Crippen LogP contribution in [-0.2, 0) is 6.42 Å². The van der Waals surface area contributed by atoms with Gasteiger partial charge in [-0.1, -0.05) is 40.2 Å². The molecule has 0 saturated heterocycles. The molecular formula is C16H14BrF3. The Hall–Kier alpha value is -1.29. The predicted molar refractivity (Wildman–Crippen MR) is 77.6 cm³/mol. The van der Waals surface area contributed by atoms with Gasteiger partial charge in [-0.2, -0.15) is 0 Å². The van der Waals surface area contributed by atoms with Crippen LogP contribution in [0.3, 0.4) is 0 Å². The third-order valence-electron chi connectivity index (χ3n) is 3.25. The maximum Gasteiger partial charge on any atom is 0.162 e. The van der Waals surface area contributed by atoms with Gasteiger partial charge < -0.3 is 0 Å². The summed E-state index contributed by atoms with van der Waals surface area (Å²) < 4.78 is 40.4. The van der Waals surface area contributed by atoms with E-state index in [2.05, 4.69) is 15.9 Å². The molecule has 4 heteroatoms. The lowest BCUT2D eigenvalue weighted by Crippen LogP contribution is -2.02. The zero-order chi connectivity index (χ0) is 14.9. The van der Waals surface area contributed by atoms with E-state index in [9.17, 15) is 13.2 Å². The van der Waals surface area contributed by atoms with Crippen LogP contribution in [0.25, 0.3) is 0 Å². The molecule has 106 valence electrons. The fraction of sp³-hybridized carbons (Fsp3) is 0.250. The average molecular weight is 343 g/mol. The van der Waals surface area contributed by atoms with E-state index in [-0.39, 0.29) is 10.6 Å². The van der Waals surface area contributed by atoms with E-state index >= 15 is 0 Å². The summed E-state index contributed by atoms with van der Waals surface area (Å²) in [5, 5.41) is 0. The predicted octanol–water partition coefficient (Wildman–Crippen LogP) is 5.40. The minimum Gasteiger partial charge on any atom is -0.206 e. The third kappa shape index (κ3) is 3.06. The van der Waals surface area contributed by atoms with Crippen molar-refractivity contribution in [3.63, 3.8) is 0 Å². The van der Waals surface area contributed by atoms with Gasteiger partial charge in [-0.15, -0.1) is 0 Å². The Morgan fingerprint density at radius 2 is 1.60 bits per heavy atom. The standard InChI is InChI=1S/C16H14BrF3/c1-9-6-12(7-10(2)15(9)19)13(17)8-11-4-3-5-14(18)16(11)20/h3-7,13H,8H2,1-2H3. The van der Waals surface area contributed by atoms with Gasteiger partial charge in [0.25, 0.3) is 0 Å². The Labute approximate surface area is 124 Å². The number of aryl methyl sites for hydroxylation is 2. The van der Waals surface area contributed by atoms with Crippen LogP contribution in [0, 0.1) is 31.3 Å². The average Bonchev–Trinajstić information content (AvgIpc) is 2.40. The molecule has 0 aliphatic carbocycles. The van der Waals surface area contributed by atoms with Gasteiger partial charge in [0.1, 0.15) is 5.82 Å². The van der Waals surface area contributed by atoms with E-state index in [0.29, 0.717) is 23.1 Å². The number of hydrogen-bond donors (Lipinski definition) is 0. The molecule has 0 fully saturated rings. The van der Waals surface area contributed by atoms with Crippen LogP contribution >= 0.6 is 15.9 Å². The van der Waals surface area contributed by atoms with Gasteiger partial charge in [0.05, 0.1) is 0 Å². The van der Waals surface area contributed by atoms with E-state index in [1.54, 1.807) is 32.0 Å². The number of rotatable bonds is 3. The van der Waals surface area contributed by atoms with Crippen molar-refractivity contribution in [1.82, 2.24) is 0 Å². The van der Waals surface area contributed by atoms with Crippen molar-refractivity contribution in [2.24, 2.45) is 0 Å². The largest absolute Gasteiger partial charge is 0.206 e. The maximum atomic E-state index is 13.6. The van der Waals surface area contributed by atoms with Gasteiger partial charge in [-0.25, -0.2) is 13.2 Å². The van der Waals surface area contributed by atoms with Gasteiger partial charge in [0.15, 0.2) is 11.6 Å². The van der Waals surface area contributed by atoms with E-state index < -0.39 is 11.6 Å². The highest BCUT2D eigenvalue weighted by molar-refractivity contribution is 9.09. The molecule has 0 aliphatic rings. The van der Waals surface area contributed by atoms with Crippen molar-refractivity contribution in [1.29, 1.82) is 0 Å². The first-order valence-corrected chi connectivity index (χ1v) is 7.15. The molecule has 1 unspecified atom stereocenters. The fourth-order valence-electron chi connectivity index (χ4n) is 2.18. The zero-order valence-electron chi connectivity index (χ0n) is 11.2. The van der Waals surface area contributed by atoms with E-state index in [4.69, 9.17) is 0 Å². The summed E-state index contributed by atoms with van der Waals surface area (Å²) in [7, 11) is 0. The smallest absolute Gasteiger partial charge is 0.162 e. The van der Waals surface area contributed by atoms with Crippen LogP contribution in [0.5, 0.6) is 0 Å². The molecular weight excluding hydrogens is 329 g/mol. The van der Waals surface area contributed by atoms with E-state index in [1.165, 1.54) is 6.07 Å². The summed E-state index contributed by atoms with van der Waals surface area (Å²) in [6.45, 7) is 3.38. The van der Waals surface area contributed by atoms with Gasteiger partial charge in [0, 0.05) is 4.83 Å². The molecule has 1 atom stereocenters. The normalized spacial score (nSPS) is 12.5. The van der Waals surface area contributed by atoms with Crippen LogP contribution in [0.15, 0.2) is 30.3 Å². The minimum absolute atomic E-state index is 0.197. The second kappa shape index (κ2) is 6.00. The molecule has 20 heavy (non-hydrogen) atoms. The summed E-state index contributed by atoms with van der Waals surface area (Å²) >= 11 is 3.46. The first kappa shape index (κ1) is 15.1. The van der Waals surface area contributed by atoms with Crippen LogP contribution in [0.2, 0.25) is 0 Å². The molecule has 0 nitrogen and oxygen atoms in total.